The Morgan fingerprint density at radius 1 is 1.17 bits per heavy atom. The van der Waals surface area contributed by atoms with Crippen LogP contribution in [-0.2, 0) is 4.74 Å². The van der Waals surface area contributed by atoms with Crippen LogP contribution >= 0.6 is 11.3 Å². The number of morpholine rings is 1. The van der Waals surface area contributed by atoms with Crippen molar-refractivity contribution >= 4 is 23.2 Å². The van der Waals surface area contributed by atoms with Gasteiger partial charge in [0.15, 0.2) is 0 Å². The second kappa shape index (κ2) is 6.52. The van der Waals surface area contributed by atoms with Gasteiger partial charge in [0.05, 0.1) is 24.1 Å². The molecule has 3 rings (SSSR count). The lowest BCUT2D eigenvalue weighted by atomic mass is 10.1. The van der Waals surface area contributed by atoms with Gasteiger partial charge in [0.2, 0.25) is 0 Å². The van der Waals surface area contributed by atoms with E-state index in [0.717, 1.165) is 16.9 Å². The Morgan fingerprint density at radius 2 is 1.87 bits per heavy atom. The summed E-state index contributed by atoms with van der Waals surface area (Å²) in [5.74, 6) is -1.15. The zero-order chi connectivity index (χ0) is 16.4. The van der Waals surface area contributed by atoms with Crippen molar-refractivity contribution in [2.75, 3.05) is 13.2 Å². The molecule has 1 amide bonds. The van der Waals surface area contributed by atoms with E-state index in [0.29, 0.717) is 18.0 Å². The normalized spacial score (nSPS) is 21.2. The van der Waals surface area contributed by atoms with Gasteiger partial charge in [0.1, 0.15) is 11.0 Å². The largest absolute Gasteiger partial charge is 0.477 e. The van der Waals surface area contributed by atoms with Crippen molar-refractivity contribution in [1.29, 1.82) is 0 Å². The molecule has 2 heterocycles. The van der Waals surface area contributed by atoms with E-state index in [2.05, 4.69) is 0 Å². The lowest BCUT2D eigenvalue weighted by molar-refractivity contribution is -0.0485. The second-order valence-corrected chi connectivity index (χ2v) is 6.59. The Balaban J connectivity index is 1.79. The van der Waals surface area contributed by atoms with Crippen LogP contribution in [0.2, 0.25) is 0 Å². The third-order valence-corrected chi connectivity index (χ3v) is 4.95. The molecular formula is C17H17NO4S. The van der Waals surface area contributed by atoms with E-state index in [1.807, 2.05) is 37.3 Å². The van der Waals surface area contributed by atoms with Crippen LogP contribution in [-0.4, -0.2) is 41.1 Å². The summed E-state index contributed by atoms with van der Waals surface area (Å²) in [4.78, 5) is 26.1. The maximum Gasteiger partial charge on any atom is 0.345 e. The summed E-state index contributed by atoms with van der Waals surface area (Å²) in [7, 11) is 0. The summed E-state index contributed by atoms with van der Waals surface area (Å²) < 4.78 is 5.85. The fourth-order valence-electron chi connectivity index (χ4n) is 2.62. The molecule has 23 heavy (non-hydrogen) atoms. The highest BCUT2D eigenvalue weighted by atomic mass is 32.1. The van der Waals surface area contributed by atoms with E-state index < -0.39 is 5.97 Å². The molecule has 1 aromatic carbocycles. The number of carboxylic acids is 1. The predicted octanol–water partition coefficient (Wildman–Crippen LogP) is 3.05. The number of aromatic carboxylic acids is 1. The van der Waals surface area contributed by atoms with Gasteiger partial charge in [-0.05, 0) is 24.6 Å². The van der Waals surface area contributed by atoms with Crippen LogP contribution in [0.15, 0.2) is 42.5 Å². The Labute approximate surface area is 138 Å². The summed E-state index contributed by atoms with van der Waals surface area (Å²) in [6.07, 6.45) is -0.157. The van der Waals surface area contributed by atoms with Crippen molar-refractivity contribution < 1.29 is 19.4 Å². The van der Waals surface area contributed by atoms with E-state index in [4.69, 9.17) is 9.84 Å². The molecule has 2 aromatic rings. The molecule has 1 fully saturated rings. The summed E-state index contributed by atoms with van der Waals surface area (Å²) in [5, 5.41) is 9.00. The smallest absolute Gasteiger partial charge is 0.345 e. The summed E-state index contributed by atoms with van der Waals surface area (Å²) >= 11 is 1.01. The maximum atomic E-state index is 12.7. The third kappa shape index (κ3) is 3.28. The molecule has 2 atom stereocenters. The third-order valence-electron chi connectivity index (χ3n) is 3.89. The maximum absolute atomic E-state index is 12.7. The van der Waals surface area contributed by atoms with E-state index in [1.165, 1.54) is 6.07 Å². The fourth-order valence-corrected chi connectivity index (χ4v) is 3.42. The van der Waals surface area contributed by atoms with Crippen molar-refractivity contribution in [1.82, 2.24) is 4.90 Å². The Kier molecular flexibility index (Phi) is 4.45. The first kappa shape index (κ1) is 15.7. The van der Waals surface area contributed by atoms with Crippen molar-refractivity contribution in [3.63, 3.8) is 0 Å². The van der Waals surface area contributed by atoms with Gasteiger partial charge < -0.3 is 14.7 Å². The number of carbonyl (C=O) groups is 2. The molecule has 0 spiro atoms. The highest BCUT2D eigenvalue weighted by Crippen LogP contribution is 2.27. The Hall–Kier alpha value is -2.18. The monoisotopic (exact) mass is 331 g/mol. The predicted molar refractivity (Wildman–Crippen MR) is 86.9 cm³/mol. The number of amides is 1. The van der Waals surface area contributed by atoms with E-state index in [9.17, 15) is 9.59 Å². The van der Waals surface area contributed by atoms with Gasteiger partial charge in [-0.2, -0.15) is 0 Å². The highest BCUT2D eigenvalue weighted by molar-refractivity contribution is 7.15. The van der Waals surface area contributed by atoms with E-state index >= 15 is 0 Å². The molecule has 0 saturated carbocycles. The highest BCUT2D eigenvalue weighted by Gasteiger charge is 2.31. The second-order valence-electron chi connectivity index (χ2n) is 5.51. The zero-order valence-electron chi connectivity index (χ0n) is 12.6. The number of rotatable bonds is 3. The number of thiophene rings is 1. The first-order valence-corrected chi connectivity index (χ1v) is 8.18. The molecule has 0 radical (unpaired) electrons. The molecule has 120 valence electrons. The minimum atomic E-state index is -1.01. The van der Waals surface area contributed by atoms with Crippen LogP contribution in [0, 0.1) is 0 Å². The first-order chi connectivity index (χ1) is 11.1. The number of nitrogens with zero attached hydrogens (tertiary/aromatic N) is 1. The van der Waals surface area contributed by atoms with E-state index in [-0.39, 0.29) is 22.9 Å². The number of carboxylic acid groups (broad SMARTS) is 1. The van der Waals surface area contributed by atoms with Gasteiger partial charge in [-0.1, -0.05) is 30.3 Å². The lowest BCUT2D eigenvalue weighted by Gasteiger charge is -2.38. The average Bonchev–Trinajstić information content (AvgIpc) is 3.06. The van der Waals surface area contributed by atoms with Crippen molar-refractivity contribution in [2.45, 2.75) is 19.1 Å². The van der Waals surface area contributed by atoms with Gasteiger partial charge in [0.25, 0.3) is 5.91 Å². The van der Waals surface area contributed by atoms with E-state index in [1.54, 1.807) is 11.0 Å². The van der Waals surface area contributed by atoms with Crippen molar-refractivity contribution in [3.8, 4) is 0 Å². The molecule has 1 aromatic heterocycles. The van der Waals surface area contributed by atoms with Crippen LogP contribution in [0.5, 0.6) is 0 Å². The summed E-state index contributed by atoms with van der Waals surface area (Å²) in [5.41, 5.74) is 1.04. The lowest BCUT2D eigenvalue weighted by Crippen LogP contribution is -2.48. The summed E-state index contributed by atoms with van der Waals surface area (Å²) in [6, 6.07) is 12.8. The van der Waals surface area contributed by atoms with Gasteiger partial charge in [-0.25, -0.2) is 4.79 Å². The molecule has 6 heteroatoms. The molecule has 1 saturated heterocycles. The molecular weight excluding hydrogens is 314 g/mol. The Morgan fingerprint density at radius 3 is 2.52 bits per heavy atom. The number of ether oxygens (including phenoxy) is 1. The Bertz CT molecular complexity index is 712. The molecule has 1 aliphatic rings. The molecule has 0 aliphatic carbocycles. The van der Waals surface area contributed by atoms with Gasteiger partial charge in [0, 0.05) is 0 Å². The molecule has 1 N–H and O–H groups in total. The number of benzene rings is 1. The first-order valence-electron chi connectivity index (χ1n) is 7.37. The van der Waals surface area contributed by atoms with Crippen LogP contribution in [0.3, 0.4) is 0 Å². The standard InChI is InChI=1S/C17H17NO4S/c1-11-10-22-13(12-5-3-2-4-6-12)9-18(11)16(19)14-7-8-15(23-14)17(20)21/h2-8,11,13H,9-10H2,1H3,(H,20,21). The average molecular weight is 331 g/mol. The van der Waals surface area contributed by atoms with Gasteiger partial charge >= 0.3 is 5.97 Å². The SMILES string of the molecule is CC1COC(c2ccccc2)CN1C(=O)c1ccc(C(=O)O)s1. The zero-order valence-corrected chi connectivity index (χ0v) is 13.5. The topological polar surface area (TPSA) is 66.8 Å². The molecule has 2 unspecified atom stereocenters. The van der Waals surface area contributed by atoms with Crippen LogP contribution in [0.4, 0.5) is 0 Å². The number of hydrogen-bond acceptors (Lipinski definition) is 4. The fraction of sp³-hybridized carbons (Fsp3) is 0.294. The van der Waals surface area contributed by atoms with Crippen LogP contribution < -0.4 is 0 Å². The van der Waals surface area contributed by atoms with Gasteiger partial charge in [-0.3, -0.25) is 4.79 Å². The van der Waals surface area contributed by atoms with Gasteiger partial charge in [-0.15, -0.1) is 11.3 Å². The number of carbonyl (C=O) groups excluding carboxylic acids is 1. The molecule has 1 aliphatic heterocycles. The van der Waals surface area contributed by atoms with Crippen molar-refractivity contribution in [3.05, 3.63) is 57.8 Å². The van der Waals surface area contributed by atoms with Crippen molar-refractivity contribution in [2.24, 2.45) is 0 Å². The number of hydrogen-bond donors (Lipinski definition) is 1. The van der Waals surface area contributed by atoms with Crippen LogP contribution in [0.1, 0.15) is 37.9 Å². The minimum Gasteiger partial charge on any atom is -0.477 e. The quantitative estimate of drug-likeness (QED) is 0.939. The molecule has 5 nitrogen and oxygen atoms in total. The summed E-state index contributed by atoms with van der Waals surface area (Å²) in [6.45, 7) is 2.86. The molecule has 0 bridgehead atoms. The minimum absolute atomic E-state index is 0.0437. The van der Waals surface area contributed by atoms with Crippen LogP contribution in [0.25, 0.3) is 0 Å².